The van der Waals surface area contributed by atoms with E-state index in [9.17, 15) is 26.7 Å². The molecule has 0 amide bonds. The number of rotatable bonds is 6. The highest BCUT2D eigenvalue weighted by molar-refractivity contribution is 7.90. The van der Waals surface area contributed by atoms with Gasteiger partial charge in [0.15, 0.2) is 15.5 Å². The molecule has 220 valence electrons. The van der Waals surface area contributed by atoms with Crippen molar-refractivity contribution in [2.24, 2.45) is 0 Å². The molecule has 2 N–H and O–H groups in total. The van der Waals surface area contributed by atoms with E-state index in [1.165, 1.54) is 17.6 Å². The average molecular weight is 618 g/mol. The van der Waals surface area contributed by atoms with Crippen LogP contribution in [0.25, 0.3) is 22.5 Å². The number of hydrogen-bond acceptors (Lipinski definition) is 7. The number of nitrogens with zero attached hydrogens (tertiary/aromatic N) is 4. The van der Waals surface area contributed by atoms with Gasteiger partial charge in [0, 0.05) is 41.8 Å². The van der Waals surface area contributed by atoms with E-state index < -0.39 is 28.3 Å². The average Bonchev–Trinajstić information content (AvgIpc) is 3.50. The largest absolute Gasteiger partial charge is 0.434 e. The number of hydrogen-bond donors (Lipinski definition) is 2. The number of benzene rings is 3. The van der Waals surface area contributed by atoms with E-state index in [4.69, 9.17) is 11.6 Å². The van der Waals surface area contributed by atoms with Crippen molar-refractivity contribution < 1.29 is 26.7 Å². The molecule has 13 heteroatoms. The van der Waals surface area contributed by atoms with Gasteiger partial charge < -0.3 is 15.1 Å². The molecule has 4 aromatic rings. The molecule has 0 saturated heterocycles. The lowest BCUT2D eigenvalue weighted by atomic mass is 10.0. The zero-order valence-electron chi connectivity index (χ0n) is 23.0. The Morgan fingerprint density at radius 1 is 0.976 bits per heavy atom. The van der Waals surface area contributed by atoms with Crippen molar-refractivity contribution in [3.63, 3.8) is 0 Å². The van der Waals surface area contributed by atoms with Crippen LogP contribution in [0.3, 0.4) is 0 Å². The third kappa shape index (κ3) is 5.50. The van der Waals surface area contributed by atoms with Crippen molar-refractivity contribution in [2.75, 3.05) is 18.3 Å². The predicted molar refractivity (Wildman–Crippen MR) is 155 cm³/mol. The number of sulfone groups is 1. The number of anilines is 1. The highest BCUT2D eigenvalue weighted by Gasteiger charge is 2.35. The zero-order chi connectivity index (χ0) is 30.6. The number of aliphatic hydroxyl groups excluding tert-OH is 1. The summed E-state index contributed by atoms with van der Waals surface area (Å²) in [6.07, 6.45) is -0.888. The van der Waals surface area contributed by atoms with Crippen LogP contribution in [0.4, 0.5) is 18.9 Å². The highest BCUT2D eigenvalue weighted by atomic mass is 35.5. The number of imidazole rings is 1. The molecule has 0 atom stereocenters. The Hall–Kier alpha value is -3.84. The Morgan fingerprint density at radius 3 is 2.24 bits per heavy atom. The van der Waals surface area contributed by atoms with Crippen molar-refractivity contribution in [3.05, 3.63) is 100 Å². The Bertz CT molecular complexity index is 1820. The molecule has 0 radical (unpaired) electrons. The van der Waals surface area contributed by atoms with Gasteiger partial charge in [-0.05, 0) is 49.2 Å². The topological polar surface area (TPSA) is 90.7 Å². The maximum Gasteiger partial charge on any atom is 0.434 e. The number of alkyl halides is 3. The molecule has 0 bridgehead atoms. The van der Waals surface area contributed by atoms with Gasteiger partial charge in [-0.3, -0.25) is 5.01 Å². The van der Waals surface area contributed by atoms with Gasteiger partial charge in [-0.2, -0.15) is 13.2 Å². The van der Waals surface area contributed by atoms with Crippen LogP contribution in [0.2, 0.25) is 5.02 Å². The Labute approximate surface area is 246 Å². The third-order valence-corrected chi connectivity index (χ3v) is 8.45. The minimum Gasteiger partial charge on any atom is -0.392 e. The van der Waals surface area contributed by atoms with Gasteiger partial charge in [0.05, 0.1) is 28.6 Å². The van der Waals surface area contributed by atoms with Crippen LogP contribution in [0.5, 0.6) is 0 Å². The molecule has 2 heterocycles. The Balaban J connectivity index is 1.75. The number of aliphatic hydroxyl groups is 1. The fourth-order valence-corrected chi connectivity index (χ4v) is 6.15. The first-order valence-electron chi connectivity index (χ1n) is 12.7. The van der Waals surface area contributed by atoms with E-state index in [1.54, 1.807) is 47.6 Å². The van der Waals surface area contributed by atoms with Crippen molar-refractivity contribution in [3.8, 4) is 16.8 Å². The summed E-state index contributed by atoms with van der Waals surface area (Å²) in [6.45, 7) is 2.89. The lowest BCUT2D eigenvalue weighted by molar-refractivity contribution is -0.141. The van der Waals surface area contributed by atoms with Gasteiger partial charge in [0.2, 0.25) is 0 Å². The van der Waals surface area contributed by atoms with E-state index in [2.05, 4.69) is 10.4 Å². The van der Waals surface area contributed by atoms with Crippen LogP contribution in [0.15, 0.2) is 71.9 Å². The van der Waals surface area contributed by atoms with E-state index in [-0.39, 0.29) is 21.3 Å². The molecule has 0 aliphatic carbocycles. The Morgan fingerprint density at radius 2 is 1.64 bits per heavy atom. The van der Waals surface area contributed by atoms with Gasteiger partial charge in [-0.1, -0.05) is 47.5 Å². The summed E-state index contributed by atoms with van der Waals surface area (Å²) in [6, 6.07) is 15.8. The standard InChI is InChI=1S/C29H27ClF3N5O3S/c1-17-5-7-19(8-6-17)26-14-34-36(3)38(26)25-12-20(21-11-23(30)22(16-39)27(13-21)42(4,40)41)9-10-24(25)37-15-28(29(31,32)33)35-18(37)2/h5-15,34,39H,16H2,1-4H3. The van der Waals surface area contributed by atoms with E-state index in [0.29, 0.717) is 22.5 Å². The summed E-state index contributed by atoms with van der Waals surface area (Å²) in [7, 11) is -2.00. The van der Waals surface area contributed by atoms with Gasteiger partial charge in [-0.25, -0.2) is 13.4 Å². The van der Waals surface area contributed by atoms with Gasteiger partial charge in [0.1, 0.15) is 5.82 Å². The summed E-state index contributed by atoms with van der Waals surface area (Å²) in [5.74, 6) is 0.127. The summed E-state index contributed by atoms with van der Waals surface area (Å²) < 4.78 is 67.3. The van der Waals surface area contributed by atoms with E-state index in [1.807, 2.05) is 31.2 Å². The fourth-order valence-electron chi connectivity index (χ4n) is 4.85. The molecular formula is C29H27ClF3N5O3S. The number of hydrazine groups is 2. The number of halogens is 4. The first-order valence-corrected chi connectivity index (χ1v) is 14.9. The summed E-state index contributed by atoms with van der Waals surface area (Å²) in [4.78, 5) is 3.64. The highest BCUT2D eigenvalue weighted by Crippen LogP contribution is 2.40. The molecule has 3 aromatic carbocycles. The van der Waals surface area contributed by atoms with Crippen molar-refractivity contribution in [1.82, 2.24) is 20.1 Å². The number of aryl methyl sites for hydroxylation is 2. The third-order valence-electron chi connectivity index (χ3n) is 6.94. The summed E-state index contributed by atoms with van der Waals surface area (Å²) in [5.41, 5.74) is 6.68. The predicted octanol–water partition coefficient (Wildman–Crippen LogP) is 5.89. The van der Waals surface area contributed by atoms with Crippen LogP contribution in [-0.2, 0) is 22.6 Å². The maximum absolute atomic E-state index is 13.6. The van der Waals surface area contributed by atoms with Crippen LogP contribution in [-0.4, -0.2) is 41.5 Å². The lowest BCUT2D eigenvalue weighted by Gasteiger charge is -2.31. The monoisotopic (exact) mass is 617 g/mol. The molecule has 1 aliphatic rings. The SMILES string of the molecule is Cc1ccc(C2=CNN(C)N2c2cc(-c3cc(Cl)c(CO)c(S(C)(=O)=O)c3)ccc2-n2cc(C(F)(F)F)nc2C)cc1. The van der Waals surface area contributed by atoms with E-state index >= 15 is 0 Å². The lowest BCUT2D eigenvalue weighted by Crippen LogP contribution is -2.39. The molecule has 0 saturated carbocycles. The second-order valence-corrected chi connectivity index (χ2v) is 12.4. The molecule has 0 spiro atoms. The van der Waals surface area contributed by atoms with Gasteiger partial charge in [-0.15, -0.1) is 5.12 Å². The molecule has 1 aliphatic heterocycles. The zero-order valence-corrected chi connectivity index (χ0v) is 24.6. The van der Waals surface area contributed by atoms with E-state index in [0.717, 1.165) is 29.3 Å². The molecule has 5 rings (SSSR count). The number of aromatic nitrogens is 2. The van der Waals surface area contributed by atoms with Crippen molar-refractivity contribution >= 4 is 32.8 Å². The molecule has 0 fully saturated rings. The number of nitrogens with one attached hydrogen (secondary N) is 1. The second kappa shape index (κ2) is 10.8. The molecule has 0 unspecified atom stereocenters. The fraction of sp³-hybridized carbons (Fsp3) is 0.207. The minimum absolute atomic E-state index is 0.0709. The minimum atomic E-state index is -4.64. The summed E-state index contributed by atoms with van der Waals surface area (Å²) >= 11 is 6.41. The van der Waals surface area contributed by atoms with Crippen molar-refractivity contribution in [2.45, 2.75) is 31.5 Å². The van der Waals surface area contributed by atoms with Gasteiger partial charge >= 0.3 is 6.18 Å². The quantitative estimate of drug-likeness (QED) is 0.279. The molecule has 42 heavy (non-hydrogen) atoms. The van der Waals surface area contributed by atoms with Crippen LogP contribution in [0.1, 0.15) is 28.2 Å². The molecule has 1 aromatic heterocycles. The smallest absolute Gasteiger partial charge is 0.392 e. The molecule has 8 nitrogen and oxygen atoms in total. The normalized spacial score (nSPS) is 14.3. The second-order valence-electron chi connectivity index (χ2n) is 9.97. The Kier molecular flexibility index (Phi) is 7.60. The molecular weight excluding hydrogens is 591 g/mol. The summed E-state index contributed by atoms with van der Waals surface area (Å²) in [5, 5.41) is 13.3. The maximum atomic E-state index is 13.6. The first kappa shape index (κ1) is 29.6. The first-order chi connectivity index (χ1) is 19.7. The van der Waals surface area contributed by atoms with Crippen LogP contribution in [0, 0.1) is 13.8 Å². The van der Waals surface area contributed by atoms with Gasteiger partial charge in [0.25, 0.3) is 0 Å². The van der Waals surface area contributed by atoms with Crippen LogP contribution < -0.4 is 10.4 Å². The van der Waals surface area contributed by atoms with Crippen LogP contribution >= 0.6 is 11.6 Å². The van der Waals surface area contributed by atoms with Crippen molar-refractivity contribution in [1.29, 1.82) is 0 Å².